The van der Waals surface area contributed by atoms with Crippen molar-refractivity contribution in [3.63, 3.8) is 0 Å². The van der Waals surface area contributed by atoms with Crippen molar-refractivity contribution in [2.45, 2.75) is 37.4 Å². The molecule has 0 bridgehead atoms. The molecule has 8 heteroatoms. The van der Waals surface area contributed by atoms with Gasteiger partial charge in [-0.15, -0.1) is 0 Å². The Labute approximate surface area is 194 Å². The average molecular weight is 412 g/mol. The predicted molar refractivity (Wildman–Crippen MR) is 148 cm³/mol. The maximum atomic E-state index is 10.2. The van der Waals surface area contributed by atoms with E-state index < -0.39 is 0 Å². The summed E-state index contributed by atoms with van der Waals surface area (Å²) in [7, 11) is 10.8. The van der Waals surface area contributed by atoms with Crippen LogP contribution in [0.3, 0.4) is 0 Å². The van der Waals surface area contributed by atoms with Crippen LogP contribution >= 0.6 is 0 Å². The third-order valence-corrected chi connectivity index (χ3v) is 7.94. The zero-order valence-electron chi connectivity index (χ0n) is 19.7. The van der Waals surface area contributed by atoms with E-state index >= 15 is 0 Å². The summed E-state index contributed by atoms with van der Waals surface area (Å²) in [6.07, 6.45) is 5.99. The SMILES string of the molecule is Bc1nc(-c2cccc3c2oc2c(C#N)c(C4(B)CCCCC4)ccc23)c(B)c(B)c1B. The standard InChI is InChI=1S/C24H25B5N2O/c25-17-18(26)20(31-23(28)19(17)27)14-6-4-5-12-13-7-8-16(24(29)9-2-1-3-10-24)15(11-30)22(13)32-21(12)14/h4-8H,1-3,9-10,25-29H2. The van der Waals surface area contributed by atoms with Crippen LogP contribution in [0.2, 0.25) is 0 Å². The van der Waals surface area contributed by atoms with Gasteiger partial charge in [-0.1, -0.05) is 72.8 Å². The average Bonchev–Trinajstić information content (AvgIpc) is 3.19. The topological polar surface area (TPSA) is 49.8 Å². The van der Waals surface area contributed by atoms with Crippen LogP contribution in [0.1, 0.15) is 43.2 Å². The summed E-state index contributed by atoms with van der Waals surface area (Å²) in [6.45, 7) is 0. The van der Waals surface area contributed by atoms with E-state index in [0.29, 0.717) is 5.56 Å². The lowest BCUT2D eigenvalue weighted by molar-refractivity contribution is 0.397. The highest BCUT2D eigenvalue weighted by molar-refractivity contribution is 6.62. The molecule has 1 fully saturated rings. The normalized spacial score (nSPS) is 15.7. The minimum absolute atomic E-state index is 0.0443. The minimum Gasteiger partial charge on any atom is -0.454 e. The molecule has 0 saturated heterocycles. The largest absolute Gasteiger partial charge is 0.454 e. The van der Waals surface area contributed by atoms with Crippen molar-refractivity contribution < 1.29 is 4.42 Å². The van der Waals surface area contributed by atoms with E-state index in [-0.39, 0.29) is 5.31 Å². The molecule has 0 radical (unpaired) electrons. The molecule has 1 saturated carbocycles. The van der Waals surface area contributed by atoms with Crippen LogP contribution in [-0.2, 0) is 5.31 Å². The first-order valence-corrected chi connectivity index (χ1v) is 11.7. The van der Waals surface area contributed by atoms with Gasteiger partial charge in [0.15, 0.2) is 13.4 Å². The van der Waals surface area contributed by atoms with Crippen LogP contribution in [0.15, 0.2) is 34.7 Å². The van der Waals surface area contributed by atoms with E-state index in [2.05, 4.69) is 75.6 Å². The maximum Gasteiger partial charge on any atom is 0.163 e. The van der Waals surface area contributed by atoms with Crippen molar-refractivity contribution >= 4 is 83.2 Å². The fourth-order valence-corrected chi connectivity index (χ4v) is 5.59. The second-order valence-electron chi connectivity index (χ2n) is 9.80. The molecule has 4 aromatic rings. The summed E-state index contributed by atoms with van der Waals surface area (Å²) in [5.74, 6) is 0. The Morgan fingerprint density at radius 2 is 1.59 bits per heavy atom. The Hall–Kier alpha value is -2.80. The van der Waals surface area contributed by atoms with Gasteiger partial charge in [0.2, 0.25) is 0 Å². The van der Waals surface area contributed by atoms with Crippen LogP contribution in [0.25, 0.3) is 33.2 Å². The molecular weight excluding hydrogens is 386 g/mol. The third-order valence-electron chi connectivity index (χ3n) is 7.94. The van der Waals surface area contributed by atoms with Crippen LogP contribution in [0.4, 0.5) is 0 Å². The number of benzene rings is 2. The fourth-order valence-electron chi connectivity index (χ4n) is 5.59. The quantitative estimate of drug-likeness (QED) is 0.371. The molecule has 32 heavy (non-hydrogen) atoms. The number of fused-ring (bicyclic) bond motifs is 3. The fraction of sp³-hybridized carbons (Fsp3) is 0.250. The first-order valence-electron chi connectivity index (χ1n) is 11.7. The van der Waals surface area contributed by atoms with E-state index in [4.69, 9.17) is 9.40 Å². The Kier molecular flexibility index (Phi) is 5.04. The van der Waals surface area contributed by atoms with Gasteiger partial charge < -0.3 is 4.42 Å². The van der Waals surface area contributed by atoms with E-state index in [9.17, 15) is 5.26 Å². The number of nitrogens with zero attached hydrogens (tertiary/aromatic N) is 2. The summed E-state index contributed by atoms with van der Waals surface area (Å²) in [6, 6.07) is 13.1. The molecule has 0 N–H and O–H groups in total. The number of rotatable bonds is 2. The van der Waals surface area contributed by atoms with Crippen molar-refractivity contribution in [1.82, 2.24) is 4.98 Å². The minimum atomic E-state index is 0.0443. The van der Waals surface area contributed by atoms with Crippen LogP contribution in [0.5, 0.6) is 0 Å². The van der Waals surface area contributed by atoms with Gasteiger partial charge in [0.1, 0.15) is 43.0 Å². The highest BCUT2D eigenvalue weighted by Gasteiger charge is 2.32. The van der Waals surface area contributed by atoms with Crippen LogP contribution < -0.4 is 22.0 Å². The highest BCUT2D eigenvalue weighted by Crippen LogP contribution is 2.42. The van der Waals surface area contributed by atoms with Gasteiger partial charge in [-0.25, -0.2) is 0 Å². The zero-order chi connectivity index (χ0) is 22.6. The smallest absolute Gasteiger partial charge is 0.163 e. The Morgan fingerprint density at radius 3 is 2.31 bits per heavy atom. The number of pyridine rings is 1. The second kappa shape index (κ2) is 7.66. The maximum absolute atomic E-state index is 10.2. The summed E-state index contributed by atoms with van der Waals surface area (Å²) in [5, 5.41) is 12.3. The number of hydrogen-bond donors (Lipinski definition) is 0. The van der Waals surface area contributed by atoms with Crippen LogP contribution in [-0.4, -0.2) is 44.2 Å². The van der Waals surface area contributed by atoms with Gasteiger partial charge in [-0.05, 0) is 22.5 Å². The predicted octanol–water partition coefficient (Wildman–Crippen LogP) is -1.65. The Morgan fingerprint density at radius 1 is 0.875 bits per heavy atom. The van der Waals surface area contributed by atoms with Gasteiger partial charge in [-0.2, -0.15) is 5.26 Å². The number of nitriles is 1. The first kappa shape index (κ1) is 21.1. The monoisotopic (exact) mass is 412 g/mol. The summed E-state index contributed by atoms with van der Waals surface area (Å²) in [4.78, 5) is 4.94. The molecule has 2 aromatic carbocycles. The lowest BCUT2D eigenvalue weighted by Gasteiger charge is -2.34. The summed E-state index contributed by atoms with van der Waals surface area (Å²) in [5.41, 5.74) is 10.1. The molecule has 2 aromatic heterocycles. The molecule has 0 spiro atoms. The van der Waals surface area contributed by atoms with E-state index in [1.165, 1.54) is 35.7 Å². The highest BCUT2D eigenvalue weighted by atomic mass is 16.3. The van der Waals surface area contributed by atoms with Gasteiger partial charge in [0.25, 0.3) is 0 Å². The molecule has 1 aliphatic carbocycles. The zero-order valence-corrected chi connectivity index (χ0v) is 19.7. The van der Waals surface area contributed by atoms with E-state index in [1.54, 1.807) is 0 Å². The molecule has 0 aliphatic heterocycles. The van der Waals surface area contributed by atoms with Crippen molar-refractivity contribution in [2.75, 3.05) is 0 Å². The summed E-state index contributed by atoms with van der Waals surface area (Å²) < 4.78 is 6.54. The van der Waals surface area contributed by atoms with Gasteiger partial charge in [0.05, 0.1) is 11.3 Å². The Bertz CT molecular complexity index is 1430. The molecule has 0 amide bonds. The molecule has 1 aliphatic rings. The molecule has 2 heterocycles. The van der Waals surface area contributed by atoms with Crippen molar-refractivity contribution in [1.29, 1.82) is 5.26 Å². The Balaban J connectivity index is 1.80. The first-order chi connectivity index (χ1) is 15.4. The molecule has 5 rings (SSSR count). The van der Waals surface area contributed by atoms with E-state index in [0.717, 1.165) is 57.2 Å². The second-order valence-corrected chi connectivity index (χ2v) is 9.80. The molecule has 3 nitrogen and oxygen atoms in total. The number of furan rings is 1. The van der Waals surface area contributed by atoms with Crippen molar-refractivity contribution in [3.8, 4) is 17.3 Å². The van der Waals surface area contributed by atoms with Crippen LogP contribution in [0, 0.1) is 11.3 Å². The lowest BCUT2D eigenvalue weighted by atomic mass is 9.56. The molecule has 152 valence electrons. The lowest BCUT2D eigenvalue weighted by Crippen LogP contribution is -2.49. The molecule has 0 atom stereocenters. The number of aromatic nitrogens is 1. The van der Waals surface area contributed by atoms with E-state index in [1.807, 2.05) is 0 Å². The molecule has 0 unspecified atom stereocenters. The van der Waals surface area contributed by atoms with Gasteiger partial charge in [-0.3, -0.25) is 4.98 Å². The molecular formula is C24H25B5N2O. The van der Waals surface area contributed by atoms with Gasteiger partial charge >= 0.3 is 0 Å². The van der Waals surface area contributed by atoms with Crippen molar-refractivity contribution in [3.05, 3.63) is 41.5 Å². The third kappa shape index (κ3) is 3.05. The number of para-hydroxylation sites is 1. The number of hydrogen-bond acceptors (Lipinski definition) is 3. The van der Waals surface area contributed by atoms with Crippen molar-refractivity contribution in [2.24, 2.45) is 0 Å². The summed E-state index contributed by atoms with van der Waals surface area (Å²) >= 11 is 0. The van der Waals surface area contributed by atoms with Gasteiger partial charge in [0, 0.05) is 16.3 Å².